The van der Waals surface area contributed by atoms with E-state index in [1.165, 1.54) is 0 Å². The largest absolute Gasteiger partial charge is 0.391 e. The molecule has 28 heavy (non-hydrogen) atoms. The van der Waals surface area contributed by atoms with Crippen LogP contribution < -0.4 is 0 Å². The van der Waals surface area contributed by atoms with Crippen molar-refractivity contribution >= 4 is 5.78 Å². The topological polar surface area (TPSA) is 93.0 Å². The molecule has 0 radical (unpaired) electrons. The number of fused-ring (bicyclic) bond motifs is 2. The normalized spacial score (nSPS) is 23.5. The Morgan fingerprint density at radius 3 is 2.39 bits per heavy atom. The van der Waals surface area contributed by atoms with Crippen LogP contribution in [0.3, 0.4) is 0 Å². The van der Waals surface area contributed by atoms with Crippen LogP contribution in [0.2, 0.25) is 0 Å². The highest BCUT2D eigenvalue weighted by Crippen LogP contribution is 2.38. The lowest BCUT2D eigenvalue weighted by Crippen LogP contribution is -2.36. The van der Waals surface area contributed by atoms with E-state index in [0.29, 0.717) is 16.7 Å². The molecule has 2 fully saturated rings. The summed E-state index contributed by atoms with van der Waals surface area (Å²) in [6, 6.07) is 11.7. The van der Waals surface area contributed by atoms with E-state index in [2.05, 4.69) is 17.0 Å². The molecule has 2 saturated heterocycles. The number of Topliss-reactive ketones (excluding diaryl/α,β-unsaturated/α-hetero) is 1. The van der Waals surface area contributed by atoms with Crippen molar-refractivity contribution in [3.05, 3.63) is 52.3 Å². The third-order valence-electron chi connectivity index (χ3n) is 6.26. The molecule has 0 spiro atoms. The summed E-state index contributed by atoms with van der Waals surface area (Å²) in [5.41, 5.74) is 3.70. The zero-order valence-electron chi connectivity index (χ0n) is 16.0. The predicted octanol–water partition coefficient (Wildman–Crippen LogP) is 2.62. The second-order valence-electron chi connectivity index (χ2n) is 7.72. The smallest absolute Gasteiger partial charge is 0.180 e. The molecule has 3 heterocycles. The predicted molar refractivity (Wildman–Crippen MR) is 103 cm³/mol. The van der Waals surface area contributed by atoms with Crippen molar-refractivity contribution < 1.29 is 9.90 Å². The van der Waals surface area contributed by atoms with E-state index >= 15 is 0 Å². The fraction of sp³-hybridized carbons (Fsp3) is 0.409. The van der Waals surface area contributed by atoms with Gasteiger partial charge in [0.05, 0.1) is 35.4 Å². The molecule has 0 amide bonds. The molecule has 1 aromatic carbocycles. The van der Waals surface area contributed by atoms with Crippen LogP contribution in [-0.2, 0) is 0 Å². The molecular weight excluding hydrogens is 352 g/mol. The number of aromatic nitrogens is 1. The number of nitrogens with zero attached hydrogens (tertiary/aromatic N) is 4. The molecule has 142 valence electrons. The number of hydrogen-bond acceptors (Lipinski definition) is 5. The van der Waals surface area contributed by atoms with Crippen LogP contribution in [0.1, 0.15) is 52.1 Å². The molecule has 2 unspecified atom stereocenters. The van der Waals surface area contributed by atoms with Crippen molar-refractivity contribution in [3.8, 4) is 17.8 Å². The minimum absolute atomic E-state index is 0.0569. The van der Waals surface area contributed by atoms with E-state index < -0.39 is 0 Å². The van der Waals surface area contributed by atoms with Gasteiger partial charge in [-0.3, -0.25) is 9.69 Å². The van der Waals surface area contributed by atoms with E-state index in [4.69, 9.17) is 5.26 Å². The SMILES string of the molecule is Cc1c(C#N)c(C(=O)CN2C3CCC2[C@@H](O)C3)c(C)n1-c1ccc(C#N)cc1. The van der Waals surface area contributed by atoms with Gasteiger partial charge in [-0.05, 0) is 57.4 Å². The molecule has 4 rings (SSSR count). The molecule has 1 aromatic heterocycles. The van der Waals surface area contributed by atoms with Gasteiger partial charge in [-0.15, -0.1) is 0 Å². The van der Waals surface area contributed by atoms with Gasteiger partial charge in [-0.1, -0.05) is 0 Å². The van der Waals surface area contributed by atoms with Gasteiger partial charge in [0.1, 0.15) is 6.07 Å². The molecule has 6 heteroatoms. The lowest BCUT2D eigenvalue weighted by molar-refractivity contribution is 0.0873. The van der Waals surface area contributed by atoms with Gasteiger partial charge in [0.25, 0.3) is 0 Å². The van der Waals surface area contributed by atoms with Crippen LogP contribution in [-0.4, -0.2) is 45.1 Å². The van der Waals surface area contributed by atoms with Crippen molar-refractivity contribution in [1.29, 1.82) is 10.5 Å². The standard InChI is InChI=1S/C22H22N4O2/c1-13-18(11-24)22(14(2)26(13)16-5-3-15(10-23)4-6-16)21(28)12-25-17-7-8-19(25)20(27)9-17/h3-6,17,19-20,27H,7-9,12H2,1-2H3/t17?,19?,20-/m0/s1. The number of aliphatic hydroxyl groups excluding tert-OH is 1. The summed E-state index contributed by atoms with van der Waals surface area (Å²) in [5.74, 6) is -0.0736. The molecule has 6 nitrogen and oxygen atoms in total. The van der Waals surface area contributed by atoms with Gasteiger partial charge in [0.15, 0.2) is 5.78 Å². The van der Waals surface area contributed by atoms with Gasteiger partial charge >= 0.3 is 0 Å². The van der Waals surface area contributed by atoms with Crippen LogP contribution in [0.15, 0.2) is 24.3 Å². The van der Waals surface area contributed by atoms with Crippen LogP contribution in [0.5, 0.6) is 0 Å². The Balaban J connectivity index is 1.70. The first kappa shape index (κ1) is 18.4. The van der Waals surface area contributed by atoms with Crippen molar-refractivity contribution in [2.45, 2.75) is 51.3 Å². The summed E-state index contributed by atoms with van der Waals surface area (Å²) in [6.07, 6.45) is 2.32. The Labute approximate surface area is 164 Å². The lowest BCUT2D eigenvalue weighted by atomic mass is 9.98. The number of aliphatic hydroxyl groups is 1. The first-order valence-corrected chi connectivity index (χ1v) is 9.55. The average Bonchev–Trinajstić information content (AvgIpc) is 3.29. The summed E-state index contributed by atoms with van der Waals surface area (Å²) in [7, 11) is 0. The number of carbonyl (C=O) groups excluding carboxylic acids is 1. The Morgan fingerprint density at radius 2 is 1.86 bits per heavy atom. The highest BCUT2D eigenvalue weighted by atomic mass is 16.3. The number of hydrogen-bond donors (Lipinski definition) is 1. The number of nitriles is 2. The van der Waals surface area contributed by atoms with Gasteiger partial charge in [-0.2, -0.15) is 10.5 Å². The second kappa shape index (κ2) is 6.91. The fourth-order valence-corrected chi connectivity index (χ4v) is 4.95. The zero-order chi connectivity index (χ0) is 20.0. The second-order valence-corrected chi connectivity index (χ2v) is 7.72. The lowest BCUT2D eigenvalue weighted by Gasteiger charge is -2.21. The summed E-state index contributed by atoms with van der Waals surface area (Å²) >= 11 is 0. The third kappa shape index (κ3) is 2.74. The molecule has 0 aliphatic carbocycles. The van der Waals surface area contributed by atoms with Gasteiger partial charge < -0.3 is 9.67 Å². The van der Waals surface area contributed by atoms with Gasteiger partial charge in [0.2, 0.25) is 0 Å². The summed E-state index contributed by atoms with van der Waals surface area (Å²) in [6.45, 7) is 3.93. The molecule has 1 N–H and O–H groups in total. The Morgan fingerprint density at radius 1 is 1.14 bits per heavy atom. The van der Waals surface area contributed by atoms with Gasteiger partial charge in [-0.25, -0.2) is 0 Å². The van der Waals surface area contributed by atoms with E-state index in [9.17, 15) is 15.2 Å². The van der Waals surface area contributed by atoms with Crippen LogP contribution >= 0.6 is 0 Å². The maximum absolute atomic E-state index is 13.2. The first-order chi connectivity index (χ1) is 13.5. The minimum atomic E-state index is -0.354. The molecule has 3 atom stereocenters. The highest BCUT2D eigenvalue weighted by molar-refractivity contribution is 6.01. The Hall–Kier alpha value is -2.93. The van der Waals surface area contributed by atoms with Crippen molar-refractivity contribution in [3.63, 3.8) is 0 Å². The molecule has 2 aromatic rings. The monoisotopic (exact) mass is 374 g/mol. The fourth-order valence-electron chi connectivity index (χ4n) is 4.95. The van der Waals surface area contributed by atoms with Gasteiger partial charge in [0, 0.05) is 29.2 Å². The number of benzene rings is 1. The third-order valence-corrected chi connectivity index (χ3v) is 6.26. The van der Waals surface area contributed by atoms with Crippen molar-refractivity contribution in [2.75, 3.05) is 6.54 Å². The van der Waals surface area contributed by atoms with Crippen LogP contribution in [0.4, 0.5) is 0 Å². The molecular formula is C22H22N4O2. The number of rotatable bonds is 4. The maximum Gasteiger partial charge on any atom is 0.180 e. The highest BCUT2D eigenvalue weighted by Gasteiger charge is 2.46. The summed E-state index contributed by atoms with van der Waals surface area (Å²) < 4.78 is 1.90. The van der Waals surface area contributed by atoms with E-state index in [0.717, 1.165) is 36.3 Å². The van der Waals surface area contributed by atoms with Crippen LogP contribution in [0.25, 0.3) is 5.69 Å². The Kier molecular flexibility index (Phi) is 4.55. The molecule has 0 saturated carbocycles. The van der Waals surface area contributed by atoms with E-state index in [1.54, 1.807) is 12.1 Å². The maximum atomic E-state index is 13.2. The quantitative estimate of drug-likeness (QED) is 0.831. The van der Waals surface area contributed by atoms with Crippen molar-refractivity contribution in [1.82, 2.24) is 9.47 Å². The minimum Gasteiger partial charge on any atom is -0.391 e. The average molecular weight is 374 g/mol. The first-order valence-electron chi connectivity index (χ1n) is 9.55. The van der Waals surface area contributed by atoms with Crippen LogP contribution in [0, 0.1) is 36.5 Å². The molecule has 2 aliphatic rings. The zero-order valence-corrected chi connectivity index (χ0v) is 16.0. The van der Waals surface area contributed by atoms with E-state index in [-0.39, 0.29) is 30.5 Å². The summed E-state index contributed by atoms with van der Waals surface area (Å²) in [4.78, 5) is 15.3. The number of carbonyl (C=O) groups is 1. The molecule has 2 aliphatic heterocycles. The Bertz CT molecular complexity index is 1020. The van der Waals surface area contributed by atoms with Crippen molar-refractivity contribution in [2.24, 2.45) is 0 Å². The number of ketones is 1. The van der Waals surface area contributed by atoms with E-state index in [1.807, 2.05) is 30.5 Å². The molecule has 2 bridgehead atoms. The summed E-state index contributed by atoms with van der Waals surface area (Å²) in [5, 5.41) is 28.9.